The Kier molecular flexibility index (Phi) is 6.62. The molecule has 0 saturated carbocycles. The van der Waals surface area contributed by atoms with Crippen LogP contribution in [0.15, 0.2) is 36.4 Å². The fourth-order valence-electron chi connectivity index (χ4n) is 3.37. The van der Waals surface area contributed by atoms with Crippen LogP contribution in [0.5, 0.6) is 0 Å². The zero-order valence-electron chi connectivity index (χ0n) is 18.0. The fraction of sp³-hybridized carbons (Fsp3) is 0.409. The van der Waals surface area contributed by atoms with Crippen LogP contribution in [0.4, 0.5) is 32.4 Å². The molecule has 33 heavy (non-hydrogen) atoms. The molecule has 2 amide bonds. The largest absolute Gasteiger partial charge is 0.444 e. The molecular weight excluding hydrogens is 449 g/mol. The van der Waals surface area contributed by atoms with Gasteiger partial charge in [0.2, 0.25) is 5.91 Å². The van der Waals surface area contributed by atoms with Gasteiger partial charge in [-0.2, -0.15) is 13.2 Å². The third-order valence-corrected chi connectivity index (χ3v) is 4.75. The number of amides is 2. The maximum atomic E-state index is 13.3. The lowest BCUT2D eigenvalue weighted by molar-refractivity contribution is -0.141. The molecule has 3 rings (SSSR count). The van der Waals surface area contributed by atoms with Crippen LogP contribution < -0.4 is 10.2 Å². The molecule has 1 N–H and O–H groups in total. The molecule has 0 unspecified atom stereocenters. The minimum Gasteiger partial charge on any atom is -0.444 e. The summed E-state index contributed by atoms with van der Waals surface area (Å²) in [6, 6.07) is 5.85. The van der Waals surface area contributed by atoms with Gasteiger partial charge >= 0.3 is 12.3 Å². The number of ether oxygens (including phenoxy) is 1. The third-order valence-electron chi connectivity index (χ3n) is 4.75. The predicted molar refractivity (Wildman–Crippen MR) is 109 cm³/mol. The van der Waals surface area contributed by atoms with Gasteiger partial charge in [0.05, 0.1) is 12.2 Å². The second kappa shape index (κ2) is 8.95. The van der Waals surface area contributed by atoms with Crippen molar-refractivity contribution in [1.29, 1.82) is 0 Å². The highest BCUT2D eigenvalue weighted by atomic mass is 19.4. The van der Waals surface area contributed by atoms with E-state index in [9.17, 15) is 31.5 Å². The van der Waals surface area contributed by atoms with Gasteiger partial charge in [0.25, 0.3) is 6.43 Å². The number of anilines is 1. The summed E-state index contributed by atoms with van der Waals surface area (Å²) in [6.45, 7) is 4.51. The molecule has 0 saturated heterocycles. The Hall–Kier alpha value is -3.24. The number of halogens is 5. The fourth-order valence-corrected chi connectivity index (χ4v) is 3.37. The summed E-state index contributed by atoms with van der Waals surface area (Å²) in [4.78, 5) is 30.0. The lowest BCUT2D eigenvalue weighted by Gasteiger charge is -2.35. The van der Waals surface area contributed by atoms with E-state index >= 15 is 0 Å². The number of hydrogen-bond acceptors (Lipinski definition) is 4. The number of carbonyl (C=O) groups is 2. The second-order valence-corrected chi connectivity index (χ2v) is 8.53. The molecule has 1 atom stereocenters. The number of fused-ring (bicyclic) bond motifs is 1. The maximum absolute atomic E-state index is 13.3. The van der Waals surface area contributed by atoms with Crippen molar-refractivity contribution in [2.24, 2.45) is 0 Å². The Morgan fingerprint density at radius 2 is 1.91 bits per heavy atom. The van der Waals surface area contributed by atoms with Gasteiger partial charge in [-0.3, -0.25) is 4.79 Å². The molecule has 6 nitrogen and oxygen atoms in total. The first-order valence-electron chi connectivity index (χ1n) is 9.99. The molecule has 0 bridgehead atoms. The highest BCUT2D eigenvalue weighted by Crippen LogP contribution is 2.34. The van der Waals surface area contributed by atoms with Gasteiger partial charge in [0, 0.05) is 17.7 Å². The Morgan fingerprint density at radius 1 is 1.21 bits per heavy atom. The predicted octanol–water partition coefficient (Wildman–Crippen LogP) is 5.02. The van der Waals surface area contributed by atoms with E-state index in [1.54, 1.807) is 20.8 Å². The van der Waals surface area contributed by atoms with Crippen molar-refractivity contribution in [2.75, 3.05) is 4.90 Å². The van der Waals surface area contributed by atoms with E-state index in [4.69, 9.17) is 4.74 Å². The van der Waals surface area contributed by atoms with Crippen molar-refractivity contribution < 1.29 is 36.3 Å². The van der Waals surface area contributed by atoms with E-state index in [2.05, 4.69) is 10.3 Å². The monoisotopic (exact) mass is 471 g/mol. The molecule has 1 aliphatic heterocycles. The first-order valence-corrected chi connectivity index (χ1v) is 9.99. The quantitative estimate of drug-likeness (QED) is 0.636. The summed E-state index contributed by atoms with van der Waals surface area (Å²) in [7, 11) is 0. The van der Waals surface area contributed by atoms with Gasteiger partial charge in [-0.15, -0.1) is 0 Å². The lowest BCUT2D eigenvalue weighted by atomic mass is 9.95. The van der Waals surface area contributed by atoms with E-state index in [0.717, 1.165) is 23.1 Å². The summed E-state index contributed by atoms with van der Waals surface area (Å²) < 4.78 is 70.9. The Balaban J connectivity index is 1.96. The smallest absolute Gasteiger partial charge is 0.433 e. The van der Waals surface area contributed by atoms with Gasteiger partial charge in [-0.1, -0.05) is 18.2 Å². The van der Waals surface area contributed by atoms with Crippen molar-refractivity contribution in [2.45, 2.75) is 58.0 Å². The minimum absolute atomic E-state index is 0.00342. The average molecular weight is 471 g/mol. The summed E-state index contributed by atoms with van der Waals surface area (Å²) >= 11 is 0. The number of alkyl halides is 5. The van der Waals surface area contributed by atoms with Gasteiger partial charge in [-0.25, -0.2) is 18.6 Å². The van der Waals surface area contributed by atoms with Crippen molar-refractivity contribution in [3.8, 4) is 0 Å². The number of aromatic nitrogens is 1. The van der Waals surface area contributed by atoms with Gasteiger partial charge in [0.1, 0.15) is 17.3 Å². The molecule has 2 heterocycles. The lowest BCUT2D eigenvalue weighted by Crippen LogP contribution is -2.53. The van der Waals surface area contributed by atoms with Crippen LogP contribution in [0.3, 0.4) is 0 Å². The molecule has 178 valence electrons. The molecule has 2 aromatic rings. The van der Waals surface area contributed by atoms with Gasteiger partial charge < -0.3 is 15.0 Å². The van der Waals surface area contributed by atoms with Crippen LogP contribution in [0.1, 0.15) is 49.7 Å². The summed E-state index contributed by atoms with van der Waals surface area (Å²) in [5.74, 6) is -0.681. The Bertz CT molecular complexity index is 1050. The molecule has 1 aliphatic rings. The van der Waals surface area contributed by atoms with Crippen LogP contribution in [-0.2, 0) is 28.7 Å². The SMILES string of the molecule is CC(C)(C)OC(=O)N[C@@H]1Cc2ccc(C(F)F)cc2N(Cc2cccc(C(F)(F)F)n2)C1=O. The number of hydrogen-bond donors (Lipinski definition) is 1. The highest BCUT2D eigenvalue weighted by Gasteiger charge is 2.37. The first kappa shape index (κ1) is 24.4. The molecule has 1 aromatic heterocycles. The number of nitrogens with zero attached hydrogens (tertiary/aromatic N) is 2. The Labute approximate surface area is 186 Å². The number of rotatable bonds is 4. The van der Waals surface area contributed by atoms with E-state index < -0.39 is 48.5 Å². The van der Waals surface area contributed by atoms with Crippen LogP contribution in [0.25, 0.3) is 0 Å². The molecule has 1 aromatic carbocycles. The number of benzene rings is 1. The number of alkyl carbamates (subject to hydrolysis) is 1. The topological polar surface area (TPSA) is 71.5 Å². The molecule has 0 aliphatic carbocycles. The third kappa shape index (κ3) is 5.96. The summed E-state index contributed by atoms with van der Waals surface area (Å²) in [5, 5.41) is 2.45. The van der Waals surface area contributed by atoms with Crippen LogP contribution in [0.2, 0.25) is 0 Å². The molecular formula is C22H22F5N3O3. The average Bonchev–Trinajstić information content (AvgIpc) is 2.69. The van der Waals surface area contributed by atoms with Crippen molar-refractivity contribution in [3.05, 3.63) is 58.9 Å². The molecule has 11 heteroatoms. The van der Waals surface area contributed by atoms with Gasteiger partial charge in [-0.05, 0) is 44.5 Å². The second-order valence-electron chi connectivity index (χ2n) is 8.53. The van der Waals surface area contributed by atoms with Crippen LogP contribution >= 0.6 is 0 Å². The van der Waals surface area contributed by atoms with Crippen molar-refractivity contribution >= 4 is 17.7 Å². The molecule has 0 fully saturated rings. The number of pyridine rings is 1. The van der Waals surface area contributed by atoms with Gasteiger partial charge in [0.15, 0.2) is 0 Å². The first-order chi connectivity index (χ1) is 15.2. The zero-order chi connectivity index (χ0) is 24.6. The maximum Gasteiger partial charge on any atom is 0.433 e. The van der Waals surface area contributed by atoms with Crippen LogP contribution in [-0.4, -0.2) is 28.6 Å². The Morgan fingerprint density at radius 3 is 2.52 bits per heavy atom. The molecule has 0 spiro atoms. The number of carbonyl (C=O) groups excluding carboxylic acids is 2. The minimum atomic E-state index is -4.69. The van der Waals surface area contributed by atoms with E-state index in [0.29, 0.717) is 5.56 Å². The zero-order valence-corrected chi connectivity index (χ0v) is 18.0. The van der Waals surface area contributed by atoms with Crippen LogP contribution in [0, 0.1) is 0 Å². The van der Waals surface area contributed by atoms with Crippen molar-refractivity contribution in [3.63, 3.8) is 0 Å². The summed E-state index contributed by atoms with van der Waals surface area (Å²) in [6.07, 6.45) is -8.35. The molecule has 0 radical (unpaired) electrons. The standard InChI is InChI=1S/C22H22F5N3O3/c1-21(2,3)33-20(32)29-15-9-12-7-8-13(18(23)24)10-16(12)30(19(15)31)11-14-5-4-6-17(28-14)22(25,26)27/h4-8,10,15,18H,9,11H2,1-3H3,(H,29,32)/t15-/m1/s1. The van der Waals surface area contributed by atoms with E-state index in [1.807, 2.05) is 0 Å². The number of nitrogens with one attached hydrogen (secondary N) is 1. The van der Waals surface area contributed by atoms with E-state index in [1.165, 1.54) is 18.2 Å². The summed E-state index contributed by atoms with van der Waals surface area (Å²) in [5.41, 5.74) is -1.82. The highest BCUT2D eigenvalue weighted by molar-refractivity contribution is 6.01. The van der Waals surface area contributed by atoms with E-state index in [-0.39, 0.29) is 23.4 Å². The normalized spacial score (nSPS) is 16.6. The van der Waals surface area contributed by atoms with Crippen molar-refractivity contribution in [1.82, 2.24) is 10.3 Å².